The highest BCUT2D eigenvalue weighted by Gasteiger charge is 0.454. The molecule has 0 aliphatic rings. The molecular formula is C7H22. The third kappa shape index (κ3) is 364. The average molecular weight is 108 g/mol. The predicted molar refractivity (Wildman–Crippen MR) is 43.5 cm³/mol. The molecule has 0 saturated heterocycles. The van der Waals surface area contributed by atoms with E-state index in [0.717, 1.165) is 0 Å². The van der Waals surface area contributed by atoms with E-state index in [9.17, 15) is 0 Å². The minimum absolute atomic E-state index is 0. The average Bonchev–Trinajstić information content (AvgIpc) is 0.918. The molecule has 0 saturated carbocycles. The Labute approximate surface area is 52.4 Å². The molecule has 0 heterocycles. The maximum Gasteiger partial charge on any atom is 0.124 e. The molecule has 0 aromatic rings. The molecule has 0 nitrogen and oxygen atoms in total. The minimum Gasteiger partial charge on any atom is -0.124 e. The Balaban J connectivity index is -0.00000000200. The lowest BCUT2D eigenvalue weighted by Crippen LogP contribution is -0.576. The molecule has 0 radical (unpaired) electrons. The second kappa shape index (κ2) is 597. The Kier molecular flexibility index (Phi) is 7110. The van der Waals surface area contributed by atoms with Crippen LogP contribution in [0.2, 0.25) is 0 Å². The van der Waals surface area contributed by atoms with Crippen LogP contribution in [-0.2, 0) is 0 Å². The van der Waals surface area contributed by atoms with Gasteiger partial charge in [0.1, 0.15) is 1.37 Å². The Morgan fingerprint density at radius 1 is 0.857 bits per heavy atom. The number of hydrogen-bond donors (Lipinski definition) is 0. The van der Waals surface area contributed by atoms with Gasteiger partial charge in [0, 0.05) is 0 Å². The molecule has 0 atom stereocenters. The van der Waals surface area contributed by atoms with Crippen molar-refractivity contribution < 1.29 is 1.37 Å². The van der Waals surface area contributed by atoms with Crippen LogP contribution in [-0.4, -0.2) is 0 Å². The van der Waals surface area contributed by atoms with Crippen LogP contribution in [0, 0.1) is 12.8 Å². The van der Waals surface area contributed by atoms with Gasteiger partial charge in [0.2, 0.25) is 0 Å². The molecule has 0 aliphatic heterocycles. The van der Waals surface area contributed by atoms with E-state index in [1.54, 1.807) is 0 Å². The van der Waals surface area contributed by atoms with E-state index in [0.29, 0.717) is 0 Å². The van der Waals surface area contributed by atoms with Crippen molar-refractivity contribution in [3.63, 3.8) is 0 Å². The van der Waals surface area contributed by atoms with Gasteiger partial charge in [0.15, 0.2) is 0 Å². The molecule has 0 spiro atoms. The first kappa shape index (κ1) is 83.3. The zero-order valence-electron chi connectivity index (χ0n) is 2.08. The van der Waals surface area contributed by atoms with Crippen molar-refractivity contribution in [2.75, 3.05) is 0 Å². The van der Waals surface area contributed by atoms with Crippen LogP contribution >= 0.6 is 0 Å². The highest BCUT2D eigenvalue weighted by atomic mass is 12.6. The van der Waals surface area contributed by atoms with Crippen LogP contribution in [0.15, 0.2) is 0 Å². The van der Waals surface area contributed by atoms with Gasteiger partial charge in [0.25, 0.3) is 0 Å². The molecule has 0 amide bonds. The van der Waals surface area contributed by atoms with Gasteiger partial charge in [-0.1, -0.05) is 37.1 Å². The number of hydrogen-bond acceptors (Lipinski definition) is 0. The van der Waals surface area contributed by atoms with Crippen LogP contribution in [0.3, 0.4) is 0 Å². The summed E-state index contributed by atoms with van der Waals surface area (Å²) in [6, 6.07) is 0. The SMILES string of the molecule is C.C.C.C.C.[3H]C#C. The Hall–Kier alpha value is -0.440. The fraction of sp³-hybridized carbons (Fsp3) is 0.714. The third-order valence-electron chi connectivity index (χ3n) is 0. The van der Waals surface area contributed by atoms with Crippen molar-refractivity contribution >= 4 is 0 Å². The fourth-order valence-electron chi connectivity index (χ4n) is 0. The second-order valence-corrected chi connectivity index (χ2v) is 0. The Bertz CT molecular complexity index is 25.9. The van der Waals surface area contributed by atoms with E-state index < -0.39 is 0 Å². The van der Waals surface area contributed by atoms with Gasteiger partial charge < -0.3 is 0 Å². The molecule has 0 heteroatoms. The first-order valence-electron chi connectivity index (χ1n) is 0.789. The summed E-state index contributed by atoms with van der Waals surface area (Å²) >= 11 is 0. The second-order valence-electron chi connectivity index (χ2n) is 0. The van der Waals surface area contributed by atoms with Crippen molar-refractivity contribution in [2.24, 2.45) is 0 Å². The van der Waals surface area contributed by atoms with Gasteiger partial charge in [0.05, 0.1) is 0 Å². The maximum atomic E-state index is 5.74. The quantitative estimate of drug-likeness (QED) is 0.417. The largest absolute Gasteiger partial charge is 0.124 e. The summed E-state index contributed by atoms with van der Waals surface area (Å²) in [4.78, 5) is 0. The van der Waals surface area contributed by atoms with Crippen LogP contribution < -0.4 is 0 Å². The first-order valence-corrected chi connectivity index (χ1v) is 0.289. The van der Waals surface area contributed by atoms with Gasteiger partial charge >= 0.3 is 0 Å². The first-order chi connectivity index (χ1) is 1.41. The van der Waals surface area contributed by atoms with E-state index in [2.05, 4.69) is 6.42 Å². The van der Waals surface area contributed by atoms with Crippen molar-refractivity contribution in [2.45, 2.75) is 37.1 Å². The summed E-state index contributed by atoms with van der Waals surface area (Å²) in [5, 5.41) is 0. The van der Waals surface area contributed by atoms with E-state index in [1.807, 2.05) is 0 Å². The normalized spacial score (nSPS) is 1.29. The lowest BCUT2D eigenvalue weighted by Gasteiger charge is -0.701. The molecule has 50 valence electrons. The van der Waals surface area contributed by atoms with Crippen molar-refractivity contribution in [1.82, 2.24) is 0 Å². The standard InChI is InChI=1S/C2H2.5CH4/c1-2;;;;;/h1-2H;5*1H4/i1T;;;;;. The van der Waals surface area contributed by atoms with Gasteiger partial charge in [-0.2, -0.15) is 0 Å². The number of rotatable bonds is 0. The third-order valence-corrected chi connectivity index (χ3v) is 0. The lowest BCUT2D eigenvalue weighted by atomic mass is 11.4. The van der Waals surface area contributed by atoms with Crippen molar-refractivity contribution in [3.8, 4) is 12.8 Å². The van der Waals surface area contributed by atoms with Gasteiger partial charge in [-0.3, -0.25) is 0 Å². The molecule has 7 heavy (non-hydrogen) atoms. The summed E-state index contributed by atoms with van der Waals surface area (Å²) < 4.78 is 5.74. The zero-order valence-corrected chi connectivity index (χ0v) is 1.08. The summed E-state index contributed by atoms with van der Waals surface area (Å²) in [5.41, 5.74) is 0. The van der Waals surface area contributed by atoms with Crippen LogP contribution in [0.1, 0.15) is 38.5 Å². The van der Waals surface area contributed by atoms with Crippen LogP contribution in [0.25, 0.3) is 0 Å². The topological polar surface area (TPSA) is 0 Å². The highest BCUT2D eigenvalue weighted by Crippen LogP contribution is 0.579. The van der Waals surface area contributed by atoms with Gasteiger partial charge in [-0.05, 0) is 0 Å². The molecule has 0 aromatic heterocycles. The van der Waals surface area contributed by atoms with Crippen molar-refractivity contribution in [1.29, 1.82) is 0 Å². The van der Waals surface area contributed by atoms with E-state index in [1.165, 1.54) is 6.40 Å². The van der Waals surface area contributed by atoms with Crippen molar-refractivity contribution in [3.05, 3.63) is 0 Å². The zero-order chi connectivity index (χ0) is 2.71. The number of terminal acetylenes is 1. The Morgan fingerprint density at radius 3 is 0.857 bits per heavy atom. The minimum atomic E-state index is 0. The molecule has 0 rings (SSSR count). The smallest absolute Gasteiger partial charge is 0.124 e. The molecule has 0 aliphatic carbocycles. The Morgan fingerprint density at radius 2 is 0.857 bits per heavy atom. The summed E-state index contributed by atoms with van der Waals surface area (Å²) in [6.07, 6.45) is 5.76. The van der Waals surface area contributed by atoms with Crippen LogP contribution in [0.4, 0.5) is 0 Å². The predicted octanol–water partition coefficient (Wildman–Crippen LogP) is 3.43. The maximum absolute atomic E-state index is 5.74. The molecule has 0 unspecified atom stereocenters. The molecule has 0 N–H and O–H groups in total. The molecular weight excluding hydrogens is 84.1 g/mol. The lowest BCUT2D eigenvalue weighted by molar-refractivity contribution is 2.50. The monoisotopic (exact) mass is 108 g/mol. The summed E-state index contributed by atoms with van der Waals surface area (Å²) in [5.74, 6) is 0. The van der Waals surface area contributed by atoms with E-state index >= 15 is 0 Å². The molecule has 0 fully saturated rings. The van der Waals surface area contributed by atoms with Crippen LogP contribution in [0.5, 0.6) is 0 Å². The van der Waals surface area contributed by atoms with E-state index in [4.69, 9.17) is 1.37 Å². The molecule has 0 bridgehead atoms. The summed E-state index contributed by atoms with van der Waals surface area (Å²) in [6.45, 7) is 0. The molecule has 0 aromatic carbocycles. The van der Waals surface area contributed by atoms with Gasteiger partial charge in [-0.15, -0.1) is 12.8 Å². The summed E-state index contributed by atoms with van der Waals surface area (Å²) in [7, 11) is 0. The fourth-order valence-corrected chi connectivity index (χ4v) is 0. The highest BCUT2D eigenvalue weighted by molar-refractivity contribution is 4.47. The van der Waals surface area contributed by atoms with Gasteiger partial charge in [-0.25, -0.2) is 0 Å². The van der Waals surface area contributed by atoms with E-state index in [-0.39, 0.29) is 37.1 Å².